The van der Waals surface area contributed by atoms with Crippen LogP contribution in [0.25, 0.3) is 22.8 Å². The molecular weight excluding hydrogens is 382 g/mol. The highest BCUT2D eigenvalue weighted by atomic mass is 16.5. The summed E-state index contributed by atoms with van der Waals surface area (Å²) in [5.41, 5.74) is 4.46. The Hall–Kier alpha value is -3.94. The van der Waals surface area contributed by atoms with Crippen molar-refractivity contribution in [3.63, 3.8) is 0 Å². The van der Waals surface area contributed by atoms with E-state index in [4.69, 9.17) is 4.74 Å². The maximum atomic E-state index is 12.2. The number of hydrogen-bond donors (Lipinski definition) is 2. The fraction of sp³-hybridized carbons (Fsp3) is 0.182. The zero-order valence-corrected chi connectivity index (χ0v) is 16.1. The molecule has 4 heterocycles. The van der Waals surface area contributed by atoms with Gasteiger partial charge in [-0.05, 0) is 36.4 Å². The molecule has 0 saturated heterocycles. The van der Waals surface area contributed by atoms with Crippen LogP contribution in [-0.4, -0.2) is 46.5 Å². The number of hydrogen-bond acceptors (Lipinski definition) is 5. The van der Waals surface area contributed by atoms with Crippen molar-refractivity contribution in [2.45, 2.75) is 6.42 Å². The van der Waals surface area contributed by atoms with E-state index in [-0.39, 0.29) is 11.8 Å². The first-order valence-corrected chi connectivity index (χ1v) is 9.68. The van der Waals surface area contributed by atoms with Crippen LogP contribution < -0.4 is 15.0 Å². The van der Waals surface area contributed by atoms with E-state index >= 15 is 0 Å². The molecule has 150 valence electrons. The summed E-state index contributed by atoms with van der Waals surface area (Å²) in [6.45, 7) is 5.09. The fourth-order valence-electron chi connectivity index (χ4n) is 3.78. The molecular formula is C22H19N5O3. The number of carbonyl (C=O) groups excluding carboxylic acids is 2. The Bertz CT molecular complexity index is 1180. The molecule has 2 N–H and O–H groups in total. The van der Waals surface area contributed by atoms with E-state index in [1.165, 1.54) is 6.08 Å². The Morgan fingerprint density at radius 3 is 3.00 bits per heavy atom. The van der Waals surface area contributed by atoms with Gasteiger partial charge in [-0.2, -0.15) is 0 Å². The number of amides is 2. The molecule has 2 aliphatic heterocycles. The first-order chi connectivity index (χ1) is 14.6. The SMILES string of the molecule is C=CC(=O)N1CCOc2ccc(-c3nccc(-c4cc5c([nH]4)CCNC5=O)n3)cc21. The van der Waals surface area contributed by atoms with Crippen LogP contribution in [0.3, 0.4) is 0 Å². The van der Waals surface area contributed by atoms with Crippen molar-refractivity contribution >= 4 is 17.5 Å². The minimum Gasteiger partial charge on any atom is -0.490 e. The van der Waals surface area contributed by atoms with Gasteiger partial charge < -0.3 is 19.9 Å². The summed E-state index contributed by atoms with van der Waals surface area (Å²) >= 11 is 0. The number of ether oxygens (including phenoxy) is 1. The molecule has 2 aliphatic rings. The molecule has 8 nitrogen and oxygen atoms in total. The summed E-state index contributed by atoms with van der Waals surface area (Å²) in [5.74, 6) is 0.902. The maximum absolute atomic E-state index is 12.2. The summed E-state index contributed by atoms with van der Waals surface area (Å²) in [6, 6.07) is 9.16. The third kappa shape index (κ3) is 3.02. The van der Waals surface area contributed by atoms with Gasteiger partial charge in [0.2, 0.25) is 0 Å². The summed E-state index contributed by atoms with van der Waals surface area (Å²) in [6.07, 6.45) is 3.74. The van der Waals surface area contributed by atoms with E-state index in [1.807, 2.05) is 24.3 Å². The highest BCUT2D eigenvalue weighted by Gasteiger charge is 2.24. The Morgan fingerprint density at radius 2 is 2.17 bits per heavy atom. The second-order valence-corrected chi connectivity index (χ2v) is 7.07. The van der Waals surface area contributed by atoms with Gasteiger partial charge in [0, 0.05) is 30.4 Å². The lowest BCUT2D eigenvalue weighted by molar-refractivity contribution is -0.114. The Kier molecular flexibility index (Phi) is 4.31. The third-order valence-corrected chi connectivity index (χ3v) is 5.26. The smallest absolute Gasteiger partial charge is 0.253 e. The van der Waals surface area contributed by atoms with Gasteiger partial charge >= 0.3 is 0 Å². The summed E-state index contributed by atoms with van der Waals surface area (Å²) < 4.78 is 5.68. The van der Waals surface area contributed by atoms with Gasteiger partial charge in [0.25, 0.3) is 11.8 Å². The summed E-state index contributed by atoms with van der Waals surface area (Å²) in [7, 11) is 0. The molecule has 0 spiro atoms. The number of rotatable bonds is 3. The highest BCUT2D eigenvalue weighted by molar-refractivity contribution is 6.03. The molecule has 0 aliphatic carbocycles. The van der Waals surface area contributed by atoms with Gasteiger partial charge in [0.05, 0.1) is 29.2 Å². The Labute approximate surface area is 172 Å². The fourth-order valence-corrected chi connectivity index (χ4v) is 3.78. The molecule has 1 aromatic carbocycles. The van der Waals surface area contributed by atoms with E-state index in [9.17, 15) is 9.59 Å². The molecule has 0 fully saturated rings. The highest BCUT2D eigenvalue weighted by Crippen LogP contribution is 2.35. The molecule has 3 aromatic rings. The molecule has 0 atom stereocenters. The molecule has 5 rings (SSSR count). The summed E-state index contributed by atoms with van der Waals surface area (Å²) in [5, 5.41) is 2.84. The molecule has 2 amide bonds. The topological polar surface area (TPSA) is 100 Å². The largest absolute Gasteiger partial charge is 0.490 e. The lowest BCUT2D eigenvalue weighted by Gasteiger charge is -2.29. The standard InChI is InChI=1S/C22H19N5O3/c1-2-20(28)27-9-10-30-19-4-3-13(11-18(19)27)21-23-7-6-16(26-21)17-12-14-15(25-17)5-8-24-22(14)29/h2-4,6-7,11-12,25H,1,5,8-10H2,(H,24,29). The van der Waals surface area contributed by atoms with Crippen LogP contribution in [-0.2, 0) is 11.2 Å². The van der Waals surface area contributed by atoms with Crippen molar-refractivity contribution in [1.29, 1.82) is 0 Å². The van der Waals surface area contributed by atoms with Crippen molar-refractivity contribution < 1.29 is 14.3 Å². The average Bonchev–Trinajstić information content (AvgIpc) is 3.24. The predicted molar refractivity (Wildman–Crippen MR) is 111 cm³/mol. The first-order valence-electron chi connectivity index (χ1n) is 9.68. The van der Waals surface area contributed by atoms with E-state index in [1.54, 1.807) is 17.2 Å². The average molecular weight is 401 g/mol. The van der Waals surface area contributed by atoms with Crippen LogP contribution >= 0.6 is 0 Å². The lowest BCUT2D eigenvalue weighted by atomic mass is 10.1. The lowest BCUT2D eigenvalue weighted by Crippen LogP contribution is -2.36. The predicted octanol–water partition coefficient (Wildman–Crippen LogP) is 2.34. The van der Waals surface area contributed by atoms with Crippen LogP contribution in [0.5, 0.6) is 5.75 Å². The number of nitrogens with zero attached hydrogens (tertiary/aromatic N) is 3. The molecule has 8 heteroatoms. The second-order valence-electron chi connectivity index (χ2n) is 7.07. The number of fused-ring (bicyclic) bond motifs is 2. The van der Waals surface area contributed by atoms with Crippen molar-refractivity contribution in [2.24, 2.45) is 0 Å². The number of carbonyl (C=O) groups is 2. The van der Waals surface area contributed by atoms with Gasteiger partial charge in [-0.25, -0.2) is 9.97 Å². The van der Waals surface area contributed by atoms with Crippen molar-refractivity contribution in [1.82, 2.24) is 20.3 Å². The van der Waals surface area contributed by atoms with Gasteiger partial charge in [-0.1, -0.05) is 6.58 Å². The zero-order valence-electron chi connectivity index (χ0n) is 16.1. The van der Waals surface area contributed by atoms with Crippen LogP contribution in [0.4, 0.5) is 5.69 Å². The molecule has 0 unspecified atom stereocenters. The van der Waals surface area contributed by atoms with Crippen molar-refractivity contribution in [2.75, 3.05) is 24.6 Å². The zero-order chi connectivity index (χ0) is 20.7. The molecule has 0 bridgehead atoms. The van der Waals surface area contributed by atoms with E-state index in [2.05, 4.69) is 26.8 Å². The van der Waals surface area contributed by atoms with E-state index in [0.29, 0.717) is 48.2 Å². The third-order valence-electron chi connectivity index (χ3n) is 5.26. The molecule has 30 heavy (non-hydrogen) atoms. The number of nitrogens with one attached hydrogen (secondary N) is 2. The molecule has 2 aromatic heterocycles. The minimum atomic E-state index is -0.179. The quantitative estimate of drug-likeness (QED) is 0.656. The van der Waals surface area contributed by atoms with Gasteiger partial charge in [0.1, 0.15) is 12.4 Å². The van der Waals surface area contributed by atoms with E-state index in [0.717, 1.165) is 23.4 Å². The van der Waals surface area contributed by atoms with Crippen LogP contribution in [0.15, 0.2) is 49.2 Å². The van der Waals surface area contributed by atoms with Crippen molar-refractivity contribution in [3.05, 3.63) is 60.4 Å². The van der Waals surface area contributed by atoms with Crippen molar-refractivity contribution in [3.8, 4) is 28.5 Å². The van der Waals surface area contributed by atoms with Crippen LogP contribution in [0.1, 0.15) is 16.1 Å². The number of aromatic nitrogens is 3. The normalized spacial score (nSPS) is 14.9. The molecule has 0 saturated carbocycles. The first kappa shape index (κ1) is 18.1. The van der Waals surface area contributed by atoms with Crippen LogP contribution in [0, 0.1) is 0 Å². The Balaban J connectivity index is 1.53. The van der Waals surface area contributed by atoms with Gasteiger partial charge in [-0.3, -0.25) is 9.59 Å². The number of H-pyrrole nitrogens is 1. The van der Waals surface area contributed by atoms with Gasteiger partial charge in [0.15, 0.2) is 5.82 Å². The molecule has 0 radical (unpaired) electrons. The Morgan fingerprint density at radius 1 is 1.27 bits per heavy atom. The second kappa shape index (κ2) is 7.14. The van der Waals surface area contributed by atoms with E-state index < -0.39 is 0 Å². The number of benzene rings is 1. The van der Waals surface area contributed by atoms with Crippen LogP contribution in [0.2, 0.25) is 0 Å². The van der Waals surface area contributed by atoms with Gasteiger partial charge in [-0.15, -0.1) is 0 Å². The number of aromatic amines is 1. The minimum absolute atomic E-state index is 0.0744. The maximum Gasteiger partial charge on any atom is 0.253 e. The number of anilines is 1. The monoisotopic (exact) mass is 401 g/mol. The summed E-state index contributed by atoms with van der Waals surface area (Å²) in [4.78, 5) is 38.3.